The molecule has 41 heavy (non-hydrogen) atoms. The second-order valence-electron chi connectivity index (χ2n) is 12.2. The van der Waals surface area contributed by atoms with Crippen LogP contribution in [0.1, 0.15) is 39.0 Å². The average Bonchev–Trinajstić information content (AvgIpc) is 2.91. The number of amides is 1. The standard InChI is InChI=1S/C31H42N6O4/c1-21-17-25-26(20-37(21)27-19-23(38)18-22-9-7-8-10-24(22)27)32-29(40-16-15-34(5)6)33-28(25)35-11-13-36(14-12-35)30(39)41-31(2,3)4/h7-10,18-19,21,38H,11-17,20H2,1-6H3. The van der Waals surface area contributed by atoms with E-state index in [9.17, 15) is 9.90 Å². The maximum absolute atomic E-state index is 12.7. The fourth-order valence-electron chi connectivity index (χ4n) is 5.47. The van der Waals surface area contributed by atoms with E-state index in [1.54, 1.807) is 11.0 Å². The predicted octanol–water partition coefficient (Wildman–Crippen LogP) is 4.28. The van der Waals surface area contributed by atoms with Gasteiger partial charge in [0.1, 0.15) is 23.8 Å². The summed E-state index contributed by atoms with van der Waals surface area (Å²) in [7, 11) is 4.01. The lowest BCUT2D eigenvalue weighted by Crippen LogP contribution is -2.51. The van der Waals surface area contributed by atoms with E-state index in [0.29, 0.717) is 45.3 Å². The van der Waals surface area contributed by atoms with E-state index < -0.39 is 5.60 Å². The van der Waals surface area contributed by atoms with Gasteiger partial charge in [-0.1, -0.05) is 24.3 Å². The van der Waals surface area contributed by atoms with Gasteiger partial charge in [0.25, 0.3) is 0 Å². The molecule has 5 rings (SSSR count). The summed E-state index contributed by atoms with van der Waals surface area (Å²) in [5, 5.41) is 12.6. The Bertz CT molecular complexity index is 1400. The number of rotatable bonds is 6. The van der Waals surface area contributed by atoms with Gasteiger partial charge in [-0.05, 0) is 59.7 Å². The minimum Gasteiger partial charge on any atom is -0.508 e. The molecule has 3 heterocycles. The number of piperazine rings is 1. The van der Waals surface area contributed by atoms with Crippen molar-refractivity contribution >= 4 is 28.4 Å². The number of likely N-dealkylation sites (N-methyl/N-ethyl adjacent to an activating group) is 1. The molecule has 1 aromatic heterocycles. The van der Waals surface area contributed by atoms with Crippen molar-refractivity contribution in [3.63, 3.8) is 0 Å². The molecule has 1 N–H and O–H groups in total. The zero-order valence-electron chi connectivity index (χ0n) is 25.1. The molecule has 0 aliphatic carbocycles. The van der Waals surface area contributed by atoms with Crippen molar-refractivity contribution in [1.82, 2.24) is 19.8 Å². The third-order valence-electron chi connectivity index (χ3n) is 7.54. The van der Waals surface area contributed by atoms with Crippen LogP contribution in [-0.2, 0) is 17.7 Å². The third kappa shape index (κ3) is 6.59. The lowest BCUT2D eigenvalue weighted by Gasteiger charge is -2.40. The quantitative estimate of drug-likeness (QED) is 0.472. The van der Waals surface area contributed by atoms with Crippen LogP contribution in [0.5, 0.6) is 11.8 Å². The van der Waals surface area contributed by atoms with Gasteiger partial charge >= 0.3 is 12.1 Å². The SMILES string of the molecule is CC1Cc2c(nc(OCCN(C)C)nc2N2CCN(C(=O)OC(C)(C)C)CC2)CN1c1cc(O)cc2ccccc12. The highest BCUT2D eigenvalue weighted by Gasteiger charge is 2.33. The molecule has 220 valence electrons. The Kier molecular flexibility index (Phi) is 8.13. The van der Waals surface area contributed by atoms with Crippen molar-refractivity contribution in [3.05, 3.63) is 47.7 Å². The summed E-state index contributed by atoms with van der Waals surface area (Å²) in [5.74, 6) is 1.13. The zero-order valence-corrected chi connectivity index (χ0v) is 25.1. The van der Waals surface area contributed by atoms with Gasteiger partial charge in [-0.15, -0.1) is 0 Å². The Balaban J connectivity index is 1.44. The van der Waals surface area contributed by atoms with Crippen molar-refractivity contribution in [2.24, 2.45) is 0 Å². The molecule has 0 spiro atoms. The molecule has 2 aliphatic rings. The van der Waals surface area contributed by atoms with Crippen LogP contribution in [0.25, 0.3) is 10.8 Å². The van der Waals surface area contributed by atoms with Crippen LogP contribution in [0, 0.1) is 0 Å². The summed E-state index contributed by atoms with van der Waals surface area (Å²) in [5.41, 5.74) is 2.50. The van der Waals surface area contributed by atoms with Crippen molar-refractivity contribution < 1.29 is 19.4 Å². The molecular formula is C31H42N6O4. The first-order chi connectivity index (χ1) is 19.5. The number of hydrogen-bond acceptors (Lipinski definition) is 9. The number of nitrogens with zero attached hydrogens (tertiary/aromatic N) is 6. The molecule has 0 bridgehead atoms. The first-order valence-corrected chi connectivity index (χ1v) is 14.4. The zero-order chi connectivity index (χ0) is 29.3. The van der Waals surface area contributed by atoms with Crippen LogP contribution in [-0.4, -0.2) is 96.0 Å². The lowest BCUT2D eigenvalue weighted by atomic mass is 9.96. The molecule has 10 nitrogen and oxygen atoms in total. The number of aromatic hydroxyl groups is 1. The molecule has 1 saturated heterocycles. The van der Waals surface area contributed by atoms with Gasteiger partial charge in [0.2, 0.25) is 0 Å². The first kappa shape index (κ1) is 28.7. The number of aromatic nitrogens is 2. The van der Waals surface area contributed by atoms with Crippen molar-refractivity contribution in [2.45, 2.75) is 52.3 Å². The Hall–Kier alpha value is -3.79. The van der Waals surface area contributed by atoms with E-state index in [1.165, 1.54) is 0 Å². The molecule has 2 aliphatic heterocycles. The van der Waals surface area contributed by atoms with E-state index in [2.05, 4.69) is 27.7 Å². The van der Waals surface area contributed by atoms with E-state index in [4.69, 9.17) is 19.4 Å². The number of anilines is 2. The summed E-state index contributed by atoms with van der Waals surface area (Å²) in [6, 6.07) is 12.3. The predicted molar refractivity (Wildman–Crippen MR) is 161 cm³/mol. The van der Waals surface area contributed by atoms with E-state index in [-0.39, 0.29) is 17.9 Å². The maximum Gasteiger partial charge on any atom is 0.410 e. The number of phenolic OH excluding ortho intramolecular Hbond substituents is 1. The second-order valence-corrected chi connectivity index (χ2v) is 12.2. The molecule has 3 aromatic rings. The number of hydrogen-bond donors (Lipinski definition) is 1. The van der Waals surface area contributed by atoms with Crippen LogP contribution in [0.15, 0.2) is 36.4 Å². The van der Waals surface area contributed by atoms with Crippen LogP contribution >= 0.6 is 0 Å². The van der Waals surface area contributed by atoms with Gasteiger partial charge in [-0.2, -0.15) is 9.97 Å². The Morgan fingerprint density at radius 1 is 1.10 bits per heavy atom. The number of benzene rings is 2. The molecule has 1 amide bonds. The Morgan fingerprint density at radius 3 is 2.54 bits per heavy atom. The fourth-order valence-corrected chi connectivity index (χ4v) is 5.47. The number of ether oxygens (including phenoxy) is 2. The molecular weight excluding hydrogens is 520 g/mol. The minimum atomic E-state index is -0.526. The fraction of sp³-hybridized carbons (Fsp3) is 0.516. The van der Waals surface area contributed by atoms with Crippen molar-refractivity contribution in [1.29, 1.82) is 0 Å². The summed E-state index contributed by atoms with van der Waals surface area (Å²) >= 11 is 0. The molecule has 0 saturated carbocycles. The maximum atomic E-state index is 12.7. The van der Waals surface area contributed by atoms with Crippen LogP contribution in [0.4, 0.5) is 16.3 Å². The number of carbonyl (C=O) groups is 1. The van der Waals surface area contributed by atoms with Gasteiger partial charge in [0.05, 0.1) is 12.2 Å². The van der Waals surface area contributed by atoms with Crippen molar-refractivity contribution in [3.8, 4) is 11.8 Å². The number of fused-ring (bicyclic) bond motifs is 2. The Labute approximate surface area is 242 Å². The first-order valence-electron chi connectivity index (χ1n) is 14.4. The monoisotopic (exact) mass is 562 g/mol. The van der Waals surface area contributed by atoms with Gasteiger partial charge in [0.15, 0.2) is 0 Å². The Morgan fingerprint density at radius 2 is 1.83 bits per heavy atom. The minimum absolute atomic E-state index is 0.151. The average molecular weight is 563 g/mol. The van der Waals surface area contributed by atoms with Gasteiger partial charge in [0, 0.05) is 61.5 Å². The lowest BCUT2D eigenvalue weighted by molar-refractivity contribution is 0.0240. The molecule has 0 radical (unpaired) electrons. The third-order valence-corrected chi connectivity index (χ3v) is 7.54. The highest BCUT2D eigenvalue weighted by Crippen LogP contribution is 2.38. The molecule has 1 fully saturated rings. The second kappa shape index (κ2) is 11.6. The largest absolute Gasteiger partial charge is 0.508 e. The van der Waals surface area contributed by atoms with E-state index >= 15 is 0 Å². The summed E-state index contributed by atoms with van der Waals surface area (Å²) in [4.78, 5) is 30.8. The summed E-state index contributed by atoms with van der Waals surface area (Å²) in [6.45, 7) is 12.1. The normalized spacial score (nSPS) is 17.6. The van der Waals surface area contributed by atoms with Gasteiger partial charge in [-0.25, -0.2) is 4.79 Å². The van der Waals surface area contributed by atoms with E-state index in [1.807, 2.05) is 59.1 Å². The molecule has 2 aromatic carbocycles. The summed E-state index contributed by atoms with van der Waals surface area (Å²) in [6.07, 6.45) is 0.469. The molecule has 1 unspecified atom stereocenters. The van der Waals surface area contributed by atoms with Gasteiger partial charge < -0.3 is 34.2 Å². The van der Waals surface area contributed by atoms with Gasteiger partial charge in [-0.3, -0.25) is 0 Å². The topological polar surface area (TPSA) is 94.5 Å². The van der Waals surface area contributed by atoms with E-state index in [0.717, 1.165) is 46.5 Å². The summed E-state index contributed by atoms with van der Waals surface area (Å²) < 4.78 is 11.6. The molecule has 1 atom stereocenters. The smallest absolute Gasteiger partial charge is 0.410 e. The van der Waals surface area contributed by atoms with Crippen LogP contribution in [0.2, 0.25) is 0 Å². The molecule has 10 heteroatoms. The van der Waals surface area contributed by atoms with Crippen molar-refractivity contribution in [2.75, 3.05) is 63.2 Å². The number of phenols is 1. The van der Waals surface area contributed by atoms with Crippen LogP contribution in [0.3, 0.4) is 0 Å². The number of carbonyl (C=O) groups excluding carboxylic acids is 1. The highest BCUT2D eigenvalue weighted by molar-refractivity contribution is 5.96. The van der Waals surface area contributed by atoms with Crippen LogP contribution < -0.4 is 14.5 Å². The highest BCUT2D eigenvalue weighted by atomic mass is 16.6.